The lowest BCUT2D eigenvalue weighted by atomic mass is 10.0. The topological polar surface area (TPSA) is 49.4 Å². The molecule has 0 aliphatic carbocycles. The van der Waals surface area contributed by atoms with E-state index in [2.05, 4.69) is 28.1 Å². The van der Waals surface area contributed by atoms with E-state index < -0.39 is 5.97 Å². The molecular formula is C27H55NO3. The van der Waals surface area contributed by atoms with Crippen molar-refractivity contribution < 1.29 is 19.1 Å². The third kappa shape index (κ3) is 25.5. The molecule has 0 aromatic heterocycles. The molecule has 0 fully saturated rings. The van der Waals surface area contributed by atoms with Crippen molar-refractivity contribution in [2.24, 2.45) is 0 Å². The van der Waals surface area contributed by atoms with E-state index in [1.54, 1.807) is 0 Å². The lowest BCUT2D eigenvalue weighted by Gasteiger charge is -2.29. The van der Waals surface area contributed by atoms with Crippen LogP contribution in [0.3, 0.4) is 0 Å². The first-order valence-electron chi connectivity index (χ1n) is 13.5. The Morgan fingerprint density at radius 1 is 0.677 bits per heavy atom. The van der Waals surface area contributed by atoms with Crippen LogP contribution in [-0.4, -0.2) is 50.9 Å². The number of rotatable bonds is 24. The van der Waals surface area contributed by atoms with Gasteiger partial charge in [-0.15, -0.1) is 0 Å². The van der Waals surface area contributed by atoms with Crippen molar-refractivity contribution in [3.63, 3.8) is 0 Å². The van der Waals surface area contributed by atoms with E-state index >= 15 is 0 Å². The van der Waals surface area contributed by atoms with Gasteiger partial charge >= 0.3 is 0 Å². The molecule has 31 heavy (non-hydrogen) atoms. The molecule has 0 aromatic carbocycles. The van der Waals surface area contributed by atoms with Crippen molar-refractivity contribution >= 4 is 5.97 Å². The van der Waals surface area contributed by atoms with Gasteiger partial charge in [-0.2, -0.15) is 0 Å². The highest BCUT2D eigenvalue weighted by Gasteiger charge is 2.18. The van der Waals surface area contributed by atoms with Gasteiger partial charge in [-0.3, -0.25) is 0 Å². The van der Waals surface area contributed by atoms with Crippen molar-refractivity contribution in [1.82, 2.24) is 0 Å². The van der Waals surface area contributed by atoms with E-state index in [0.717, 1.165) is 6.42 Å². The average molecular weight is 442 g/mol. The summed E-state index contributed by atoms with van der Waals surface area (Å²) in [7, 11) is 6.17. The molecule has 0 N–H and O–H groups in total. The number of carboxylic acids is 1. The zero-order valence-electron chi connectivity index (χ0n) is 21.6. The van der Waals surface area contributed by atoms with Crippen LogP contribution in [0.1, 0.15) is 129 Å². The largest absolute Gasteiger partial charge is 0.550 e. The molecule has 0 amide bonds. The second-order valence-electron chi connectivity index (χ2n) is 10.6. The minimum Gasteiger partial charge on any atom is -0.550 e. The van der Waals surface area contributed by atoms with Crippen LogP contribution in [0, 0.1) is 0 Å². The number of carboxylic acid groups (broad SMARTS) is 1. The second-order valence-corrected chi connectivity index (χ2v) is 10.6. The molecule has 0 saturated heterocycles. The van der Waals surface area contributed by atoms with Crippen molar-refractivity contribution in [3.05, 3.63) is 0 Å². The number of carbonyl (C=O) groups excluding carboxylic acids is 1. The molecule has 0 spiro atoms. The number of nitrogens with zero attached hydrogens (tertiary/aromatic N) is 1. The fourth-order valence-corrected chi connectivity index (χ4v) is 4.23. The van der Waals surface area contributed by atoms with Crippen molar-refractivity contribution in [1.29, 1.82) is 0 Å². The number of carbonyl (C=O) groups is 1. The predicted octanol–water partition coefficient (Wildman–Crippen LogP) is 6.26. The third-order valence-corrected chi connectivity index (χ3v) is 6.00. The highest BCUT2D eigenvalue weighted by molar-refractivity contribution is 5.64. The Morgan fingerprint density at radius 3 is 1.35 bits per heavy atom. The molecule has 4 nitrogen and oxygen atoms in total. The second kappa shape index (κ2) is 21.2. The molecule has 0 heterocycles. The van der Waals surface area contributed by atoms with Crippen LogP contribution in [0.4, 0.5) is 0 Å². The summed E-state index contributed by atoms with van der Waals surface area (Å²) in [5, 5.41) is 10.9. The van der Waals surface area contributed by atoms with Crippen LogP contribution in [-0.2, 0) is 9.53 Å². The van der Waals surface area contributed by atoms with Crippen LogP contribution in [0.2, 0.25) is 0 Å². The smallest absolute Gasteiger partial charge is 0.112 e. The van der Waals surface area contributed by atoms with Gasteiger partial charge in [0, 0.05) is 19.0 Å². The van der Waals surface area contributed by atoms with E-state index in [4.69, 9.17) is 4.74 Å². The standard InChI is InChI=1S/C27H55NO3/c1-5-6-7-8-9-10-11-12-13-14-15-16-17-18-19-20-21-22-23-31-26(24-27(29)30)25-28(2,3)4/h26H,5-25H2,1-4H3. The SMILES string of the molecule is CCCCCCCCCCCCCCCCCCCCOC(CC(=O)[O-])C[N+](C)(C)C. The fraction of sp³-hybridized carbons (Fsp3) is 0.963. The van der Waals surface area contributed by atoms with Gasteiger partial charge in [-0.25, -0.2) is 0 Å². The fourth-order valence-electron chi connectivity index (χ4n) is 4.23. The molecule has 0 aliphatic rings. The Balaban J connectivity index is 3.34. The number of unbranched alkanes of at least 4 members (excludes halogenated alkanes) is 17. The highest BCUT2D eigenvalue weighted by Crippen LogP contribution is 2.14. The van der Waals surface area contributed by atoms with Gasteiger partial charge in [0.15, 0.2) is 0 Å². The minimum atomic E-state index is -1.02. The van der Waals surface area contributed by atoms with Crippen LogP contribution >= 0.6 is 0 Å². The average Bonchev–Trinajstić information content (AvgIpc) is 2.68. The van der Waals surface area contributed by atoms with Gasteiger partial charge in [0.05, 0.1) is 21.1 Å². The highest BCUT2D eigenvalue weighted by atomic mass is 16.5. The first-order valence-corrected chi connectivity index (χ1v) is 13.5. The molecule has 4 heteroatoms. The number of aliphatic carboxylic acids is 1. The van der Waals surface area contributed by atoms with Crippen molar-refractivity contribution in [3.8, 4) is 0 Å². The molecule has 0 saturated carbocycles. The van der Waals surface area contributed by atoms with Gasteiger partial charge in [0.25, 0.3) is 0 Å². The Kier molecular flexibility index (Phi) is 20.8. The van der Waals surface area contributed by atoms with E-state index in [9.17, 15) is 9.90 Å². The molecule has 0 radical (unpaired) electrons. The monoisotopic (exact) mass is 441 g/mol. The summed E-state index contributed by atoms with van der Waals surface area (Å²) in [6.07, 6.45) is 24.4. The van der Waals surface area contributed by atoms with E-state index in [1.807, 2.05) is 0 Å². The van der Waals surface area contributed by atoms with Crippen LogP contribution in [0.15, 0.2) is 0 Å². The predicted molar refractivity (Wildman–Crippen MR) is 131 cm³/mol. The van der Waals surface area contributed by atoms with E-state index in [1.165, 1.54) is 109 Å². The Bertz CT molecular complexity index is 392. The lowest BCUT2D eigenvalue weighted by molar-refractivity contribution is -0.873. The van der Waals surface area contributed by atoms with Gasteiger partial charge in [-0.05, 0) is 6.42 Å². The number of likely N-dealkylation sites (N-methyl/N-ethyl adjacent to an activating group) is 1. The molecular weight excluding hydrogens is 386 g/mol. The summed E-state index contributed by atoms with van der Waals surface area (Å²) in [6, 6.07) is 0. The number of ether oxygens (including phenoxy) is 1. The van der Waals surface area contributed by atoms with Crippen molar-refractivity contribution in [2.75, 3.05) is 34.3 Å². The molecule has 1 unspecified atom stereocenters. The van der Waals surface area contributed by atoms with Gasteiger partial charge in [0.1, 0.15) is 12.6 Å². The Labute approximate surface area is 194 Å². The first-order chi connectivity index (χ1) is 14.8. The first kappa shape index (κ1) is 30.4. The van der Waals surface area contributed by atoms with Crippen molar-refractivity contribution in [2.45, 2.75) is 135 Å². The molecule has 0 aromatic rings. The minimum absolute atomic E-state index is 0.00539. The molecule has 0 rings (SSSR count). The molecule has 0 aliphatic heterocycles. The summed E-state index contributed by atoms with van der Waals surface area (Å²) in [5.41, 5.74) is 0. The molecule has 1 atom stereocenters. The summed E-state index contributed by atoms with van der Waals surface area (Å²) < 4.78 is 6.53. The molecule has 186 valence electrons. The number of quaternary nitrogens is 1. The zero-order chi connectivity index (χ0) is 23.2. The summed E-state index contributed by atoms with van der Waals surface area (Å²) in [6.45, 7) is 3.65. The zero-order valence-corrected chi connectivity index (χ0v) is 21.6. The number of hydrogen-bond donors (Lipinski definition) is 0. The number of hydrogen-bond acceptors (Lipinski definition) is 3. The summed E-state index contributed by atoms with van der Waals surface area (Å²) in [5.74, 6) is -1.02. The van der Waals surface area contributed by atoms with Gasteiger partial charge in [0.2, 0.25) is 0 Å². The van der Waals surface area contributed by atoms with E-state index in [-0.39, 0.29) is 12.5 Å². The van der Waals surface area contributed by atoms with Crippen LogP contribution in [0.5, 0.6) is 0 Å². The maximum atomic E-state index is 10.9. The maximum absolute atomic E-state index is 10.9. The summed E-state index contributed by atoms with van der Waals surface area (Å²) in [4.78, 5) is 10.9. The molecule has 0 bridgehead atoms. The summed E-state index contributed by atoms with van der Waals surface area (Å²) >= 11 is 0. The Hall–Kier alpha value is -0.610. The maximum Gasteiger partial charge on any atom is 0.112 e. The lowest BCUT2D eigenvalue weighted by Crippen LogP contribution is -2.44. The normalized spacial score (nSPS) is 12.9. The quantitative estimate of drug-likeness (QED) is 0.131. The van der Waals surface area contributed by atoms with E-state index in [0.29, 0.717) is 17.6 Å². The van der Waals surface area contributed by atoms with Crippen LogP contribution < -0.4 is 5.11 Å². The van der Waals surface area contributed by atoms with Gasteiger partial charge in [-0.1, -0.05) is 116 Å². The van der Waals surface area contributed by atoms with Crippen LogP contribution in [0.25, 0.3) is 0 Å². The Morgan fingerprint density at radius 2 is 1.03 bits per heavy atom. The van der Waals surface area contributed by atoms with Gasteiger partial charge < -0.3 is 19.1 Å². The third-order valence-electron chi connectivity index (χ3n) is 6.00.